The summed E-state index contributed by atoms with van der Waals surface area (Å²) in [6.45, 7) is 4.41. The molecule has 0 radical (unpaired) electrons. The van der Waals surface area contributed by atoms with Gasteiger partial charge >= 0.3 is 6.11 Å². The first-order valence-electron chi connectivity index (χ1n) is 11.0. The Hall–Kier alpha value is -3.51. The average molecular weight is 548 g/mol. The van der Waals surface area contributed by atoms with E-state index in [1.807, 2.05) is 13.7 Å². The minimum Gasteiger partial charge on any atom is -0.429 e. The van der Waals surface area contributed by atoms with Crippen LogP contribution in [0, 0.1) is 40.8 Å². The molecule has 3 aromatic rings. The Morgan fingerprint density at radius 3 is 1.87 bits per heavy atom. The second kappa shape index (κ2) is 11.9. The van der Waals surface area contributed by atoms with E-state index in [2.05, 4.69) is 4.74 Å². The van der Waals surface area contributed by atoms with Crippen molar-refractivity contribution in [1.29, 1.82) is 0 Å². The van der Waals surface area contributed by atoms with Crippen LogP contribution in [0.1, 0.15) is 30.8 Å². The number of ether oxygens (including phenoxy) is 3. The summed E-state index contributed by atoms with van der Waals surface area (Å²) in [4.78, 5) is 8.00. The van der Waals surface area contributed by atoms with Crippen LogP contribution >= 0.6 is 0 Å². The van der Waals surface area contributed by atoms with Gasteiger partial charge in [-0.05, 0) is 36.2 Å². The van der Waals surface area contributed by atoms with Gasteiger partial charge in [0.15, 0.2) is 17.9 Å². The Morgan fingerprint density at radius 1 is 0.816 bits per heavy atom. The zero-order chi connectivity index (χ0) is 28.2. The molecule has 1 heterocycles. The first kappa shape index (κ1) is 29.1. The number of carbonyl (C=O) groups excluding carboxylic acids is 1. The molecule has 4 nitrogen and oxygen atoms in total. The van der Waals surface area contributed by atoms with Crippen molar-refractivity contribution in [2.24, 2.45) is 5.92 Å². The van der Waals surface area contributed by atoms with Crippen molar-refractivity contribution in [2.75, 3.05) is 13.2 Å². The molecule has 0 amide bonds. The molecule has 1 aliphatic rings. The fourth-order valence-corrected chi connectivity index (χ4v) is 3.71. The molecule has 12 heteroatoms. The van der Waals surface area contributed by atoms with Gasteiger partial charge in [0.2, 0.25) is 0 Å². The van der Waals surface area contributed by atoms with E-state index in [0.29, 0.717) is 36.4 Å². The van der Waals surface area contributed by atoms with Gasteiger partial charge in [0.25, 0.3) is 0 Å². The Morgan fingerprint density at radius 2 is 1.37 bits per heavy atom. The summed E-state index contributed by atoms with van der Waals surface area (Å²) < 4.78 is 129. The minimum atomic E-state index is -4.68. The molecular weight excluding hydrogens is 528 g/mol. The Bertz CT molecular complexity index is 1250. The normalized spacial score (nSPS) is 17.5. The van der Waals surface area contributed by atoms with Crippen molar-refractivity contribution in [3.8, 4) is 16.9 Å². The molecule has 38 heavy (non-hydrogen) atoms. The summed E-state index contributed by atoms with van der Waals surface area (Å²) in [5.74, 6) is -9.97. The van der Waals surface area contributed by atoms with Crippen molar-refractivity contribution in [3.05, 3.63) is 88.5 Å². The molecule has 0 aromatic heterocycles. The monoisotopic (exact) mass is 548 g/mol. The maximum atomic E-state index is 14.7. The molecule has 0 atom stereocenters. The van der Waals surface area contributed by atoms with Gasteiger partial charge in [0.1, 0.15) is 41.4 Å². The quantitative estimate of drug-likeness (QED) is 0.306. The highest BCUT2D eigenvalue weighted by molar-refractivity contribution is 5.66. The van der Waals surface area contributed by atoms with Gasteiger partial charge < -0.3 is 19.0 Å². The second-order valence-corrected chi connectivity index (χ2v) is 8.14. The lowest BCUT2D eigenvalue weighted by Crippen LogP contribution is -2.28. The second-order valence-electron chi connectivity index (χ2n) is 8.14. The standard InChI is InChI=1S/C25H18F8O3.CH2O/c1-2-12-10-34-24(35-11-12)14-6-20(30)23(21(31)7-14)25(32,33)36-15-8-18(28)22(19(29)9-15)13-3-4-16(26)17(27)5-13;1-2/h3-9,12,24H,2,10-11H2,1H3;1H2. The van der Waals surface area contributed by atoms with Gasteiger partial charge in [-0.1, -0.05) is 13.0 Å². The Kier molecular flexibility index (Phi) is 9.10. The van der Waals surface area contributed by atoms with Crippen LogP contribution in [0.25, 0.3) is 11.1 Å². The van der Waals surface area contributed by atoms with Gasteiger partial charge in [-0.15, -0.1) is 0 Å². The van der Waals surface area contributed by atoms with E-state index in [-0.39, 0.29) is 24.7 Å². The van der Waals surface area contributed by atoms with Crippen molar-refractivity contribution >= 4 is 6.79 Å². The predicted molar refractivity (Wildman–Crippen MR) is 118 cm³/mol. The fourth-order valence-electron chi connectivity index (χ4n) is 3.71. The molecule has 4 rings (SSSR count). The summed E-state index contributed by atoms with van der Waals surface area (Å²) in [5.41, 5.74) is -3.22. The molecule has 0 N–H and O–H groups in total. The lowest BCUT2D eigenvalue weighted by molar-refractivity contribution is -0.206. The number of benzene rings is 3. The largest absolute Gasteiger partial charge is 0.432 e. The van der Waals surface area contributed by atoms with Crippen LogP contribution in [-0.2, 0) is 20.4 Å². The molecule has 0 spiro atoms. The van der Waals surface area contributed by atoms with Crippen LogP contribution in [0.3, 0.4) is 0 Å². The third-order valence-corrected chi connectivity index (χ3v) is 5.64. The zero-order valence-corrected chi connectivity index (χ0v) is 19.7. The zero-order valence-electron chi connectivity index (χ0n) is 19.7. The fraction of sp³-hybridized carbons (Fsp3) is 0.269. The topological polar surface area (TPSA) is 44.8 Å². The van der Waals surface area contributed by atoms with E-state index < -0.39 is 69.7 Å². The SMILES string of the molecule is C=O.CCC1COC(c2cc(F)c(C(F)(F)Oc3cc(F)c(-c4ccc(F)c(F)c4)c(F)c3)c(F)c2)OC1. The first-order valence-corrected chi connectivity index (χ1v) is 11.0. The third kappa shape index (κ3) is 6.13. The van der Waals surface area contributed by atoms with Crippen molar-refractivity contribution in [1.82, 2.24) is 0 Å². The van der Waals surface area contributed by atoms with Crippen LogP contribution in [0.4, 0.5) is 35.1 Å². The molecule has 0 saturated carbocycles. The Labute approximate surface area is 211 Å². The van der Waals surface area contributed by atoms with Crippen LogP contribution in [0.2, 0.25) is 0 Å². The summed E-state index contributed by atoms with van der Waals surface area (Å²) in [6, 6.07) is 3.87. The lowest BCUT2D eigenvalue weighted by Gasteiger charge is -2.29. The molecule has 204 valence electrons. The highest BCUT2D eigenvalue weighted by Crippen LogP contribution is 2.39. The van der Waals surface area contributed by atoms with E-state index in [1.165, 1.54) is 0 Å². The molecular formula is C26H20F8O4. The number of hydrogen-bond acceptors (Lipinski definition) is 4. The van der Waals surface area contributed by atoms with Gasteiger partial charge in [0.05, 0.1) is 18.8 Å². The lowest BCUT2D eigenvalue weighted by atomic mass is 10.0. The van der Waals surface area contributed by atoms with Crippen molar-refractivity contribution in [3.63, 3.8) is 0 Å². The summed E-state index contributed by atoms with van der Waals surface area (Å²) in [6.07, 6.45) is -5.09. The highest BCUT2D eigenvalue weighted by Gasteiger charge is 2.42. The maximum Gasteiger partial charge on any atom is 0.432 e. The first-order chi connectivity index (χ1) is 18.0. The average Bonchev–Trinajstić information content (AvgIpc) is 2.86. The molecule has 3 aromatic carbocycles. The summed E-state index contributed by atoms with van der Waals surface area (Å²) >= 11 is 0. The van der Waals surface area contributed by atoms with Crippen molar-refractivity contribution < 1.29 is 54.1 Å². The number of halogens is 8. The van der Waals surface area contributed by atoms with Gasteiger partial charge in [0, 0.05) is 23.6 Å². The molecule has 1 saturated heterocycles. The summed E-state index contributed by atoms with van der Waals surface area (Å²) in [5, 5.41) is 0. The number of rotatable bonds is 6. The third-order valence-electron chi connectivity index (χ3n) is 5.64. The van der Waals surface area contributed by atoms with Crippen LogP contribution in [0.15, 0.2) is 42.5 Å². The van der Waals surface area contributed by atoms with Crippen LogP contribution in [-0.4, -0.2) is 20.0 Å². The van der Waals surface area contributed by atoms with Crippen LogP contribution < -0.4 is 4.74 Å². The summed E-state index contributed by atoms with van der Waals surface area (Å²) in [7, 11) is 0. The van der Waals surface area contributed by atoms with Gasteiger partial charge in [-0.2, -0.15) is 8.78 Å². The number of hydrogen-bond donors (Lipinski definition) is 0. The van der Waals surface area contributed by atoms with E-state index in [1.54, 1.807) is 0 Å². The van der Waals surface area contributed by atoms with Gasteiger partial charge in [-0.3, -0.25) is 0 Å². The molecule has 0 unspecified atom stereocenters. The van der Waals surface area contributed by atoms with Crippen LogP contribution in [0.5, 0.6) is 5.75 Å². The minimum absolute atomic E-state index is 0.0854. The molecule has 1 aliphatic heterocycles. The smallest absolute Gasteiger partial charge is 0.429 e. The maximum absolute atomic E-state index is 14.7. The van der Waals surface area contributed by atoms with E-state index in [4.69, 9.17) is 14.3 Å². The van der Waals surface area contributed by atoms with Crippen molar-refractivity contribution in [2.45, 2.75) is 25.7 Å². The number of alkyl halides is 2. The van der Waals surface area contributed by atoms with E-state index >= 15 is 0 Å². The van der Waals surface area contributed by atoms with Gasteiger partial charge in [-0.25, -0.2) is 26.3 Å². The predicted octanol–water partition coefficient (Wildman–Crippen LogP) is 7.20. The number of carbonyl (C=O) groups is 1. The molecule has 1 fully saturated rings. The van der Waals surface area contributed by atoms with E-state index in [9.17, 15) is 35.1 Å². The van der Waals surface area contributed by atoms with E-state index in [0.717, 1.165) is 12.5 Å². The molecule has 0 bridgehead atoms. The highest BCUT2D eigenvalue weighted by atomic mass is 19.3. The Balaban J connectivity index is 0.00000195. The molecule has 0 aliphatic carbocycles.